The molecular weight excluding hydrogens is 282 g/mol. The Morgan fingerprint density at radius 2 is 1.43 bits per heavy atom. The lowest BCUT2D eigenvalue weighted by Crippen LogP contribution is -2.44. The maximum atomic E-state index is 10.6. The molecule has 4 rings (SSSR count). The van der Waals surface area contributed by atoms with Crippen LogP contribution >= 0.6 is 0 Å². The van der Waals surface area contributed by atoms with Crippen molar-refractivity contribution >= 4 is 0 Å². The first-order chi connectivity index (χ1) is 11.3. The maximum absolute atomic E-state index is 10.6. The molecule has 2 heterocycles. The summed E-state index contributed by atoms with van der Waals surface area (Å²) >= 11 is 0. The summed E-state index contributed by atoms with van der Waals surface area (Å²) in [7, 11) is 0. The van der Waals surface area contributed by atoms with Gasteiger partial charge in [-0.1, -0.05) is 60.7 Å². The van der Waals surface area contributed by atoms with Crippen LogP contribution in [-0.2, 0) is 0 Å². The summed E-state index contributed by atoms with van der Waals surface area (Å²) in [5, 5.41) is 10.6. The number of benzene rings is 2. The summed E-state index contributed by atoms with van der Waals surface area (Å²) in [5.74, 6) is 0.693. The summed E-state index contributed by atoms with van der Waals surface area (Å²) < 4.78 is 0. The van der Waals surface area contributed by atoms with Crippen molar-refractivity contribution in [2.75, 3.05) is 6.54 Å². The topological polar surface area (TPSA) is 23.5 Å². The van der Waals surface area contributed by atoms with Crippen LogP contribution in [0.5, 0.6) is 0 Å². The molecule has 2 saturated heterocycles. The molecule has 2 bridgehead atoms. The normalized spacial score (nSPS) is 28.7. The van der Waals surface area contributed by atoms with E-state index in [0.717, 1.165) is 12.1 Å². The molecule has 2 heteroatoms. The highest BCUT2D eigenvalue weighted by atomic mass is 16.3. The fourth-order valence-electron chi connectivity index (χ4n) is 4.55. The fraction of sp³-hybridized carbons (Fsp3) is 0.429. The first kappa shape index (κ1) is 14.9. The van der Waals surface area contributed by atoms with Gasteiger partial charge < -0.3 is 5.11 Å². The van der Waals surface area contributed by atoms with Gasteiger partial charge in [0, 0.05) is 18.6 Å². The van der Waals surface area contributed by atoms with Crippen molar-refractivity contribution < 1.29 is 5.11 Å². The van der Waals surface area contributed by atoms with Crippen molar-refractivity contribution in [2.24, 2.45) is 0 Å². The summed E-state index contributed by atoms with van der Waals surface area (Å²) in [6.45, 7) is 0.779. The second-order valence-corrected chi connectivity index (χ2v) is 7.09. The number of nitrogens with zero attached hydrogens (tertiary/aromatic N) is 1. The molecule has 0 radical (unpaired) electrons. The average molecular weight is 307 g/mol. The number of rotatable bonds is 4. The molecule has 2 aromatic carbocycles. The van der Waals surface area contributed by atoms with Crippen LogP contribution in [0.15, 0.2) is 60.7 Å². The molecule has 3 unspecified atom stereocenters. The average Bonchev–Trinajstić information content (AvgIpc) is 2.84. The minimum absolute atomic E-state index is 0.368. The van der Waals surface area contributed by atoms with Crippen molar-refractivity contribution in [3.8, 4) is 0 Å². The van der Waals surface area contributed by atoms with Gasteiger partial charge in [0.2, 0.25) is 0 Å². The zero-order valence-corrected chi connectivity index (χ0v) is 13.5. The maximum Gasteiger partial charge on any atom is 0.0917 e. The highest BCUT2D eigenvalue weighted by molar-refractivity contribution is 5.22. The third-order valence-electron chi connectivity index (χ3n) is 5.72. The van der Waals surface area contributed by atoms with Gasteiger partial charge in [0.15, 0.2) is 0 Å². The van der Waals surface area contributed by atoms with Crippen LogP contribution in [0, 0.1) is 0 Å². The largest absolute Gasteiger partial charge is 0.387 e. The molecule has 23 heavy (non-hydrogen) atoms. The van der Waals surface area contributed by atoms with Crippen LogP contribution in [0.4, 0.5) is 0 Å². The summed E-state index contributed by atoms with van der Waals surface area (Å²) in [6, 6.07) is 22.3. The predicted molar refractivity (Wildman–Crippen MR) is 93.3 cm³/mol. The van der Waals surface area contributed by atoms with Crippen LogP contribution in [0.3, 0.4) is 0 Å². The van der Waals surface area contributed by atoms with Crippen molar-refractivity contribution in [3.63, 3.8) is 0 Å². The predicted octanol–water partition coefficient (Wildman–Crippen LogP) is 4.13. The van der Waals surface area contributed by atoms with Gasteiger partial charge in [-0.25, -0.2) is 0 Å². The van der Waals surface area contributed by atoms with E-state index in [1.165, 1.54) is 31.2 Å². The molecule has 2 nitrogen and oxygen atoms in total. The second-order valence-electron chi connectivity index (χ2n) is 7.09. The quantitative estimate of drug-likeness (QED) is 0.918. The highest BCUT2D eigenvalue weighted by Crippen LogP contribution is 2.43. The number of fused-ring (bicyclic) bond motifs is 2. The van der Waals surface area contributed by atoms with Crippen molar-refractivity contribution in [3.05, 3.63) is 71.8 Å². The third-order valence-corrected chi connectivity index (χ3v) is 5.72. The molecule has 0 aromatic heterocycles. The fourth-order valence-corrected chi connectivity index (χ4v) is 4.55. The Hall–Kier alpha value is -1.64. The van der Waals surface area contributed by atoms with Crippen LogP contribution in [0.25, 0.3) is 0 Å². The number of aliphatic hydroxyl groups excluding tert-OH is 1. The molecule has 1 N–H and O–H groups in total. The lowest BCUT2D eigenvalue weighted by Gasteiger charge is -2.40. The number of hydrogen-bond acceptors (Lipinski definition) is 2. The van der Waals surface area contributed by atoms with Gasteiger partial charge >= 0.3 is 0 Å². The summed E-state index contributed by atoms with van der Waals surface area (Å²) in [5.41, 5.74) is 2.53. The third kappa shape index (κ3) is 3.06. The zero-order chi connectivity index (χ0) is 15.6. The van der Waals surface area contributed by atoms with E-state index < -0.39 is 0 Å². The van der Waals surface area contributed by atoms with Crippen molar-refractivity contribution in [2.45, 2.75) is 49.8 Å². The molecule has 3 atom stereocenters. The molecule has 2 fully saturated rings. The van der Waals surface area contributed by atoms with Crippen LogP contribution in [0.2, 0.25) is 0 Å². The second kappa shape index (κ2) is 6.46. The van der Waals surface area contributed by atoms with Crippen molar-refractivity contribution in [1.29, 1.82) is 0 Å². The standard InChI is InChI=1S/C21H25NO/c23-21(17-9-5-2-6-10-17)15-22-19-11-12-20(22)14-18(13-19)16-7-3-1-4-8-16/h1-10,18-21,23H,11-15H2. The van der Waals surface area contributed by atoms with Gasteiger partial charge in [-0.15, -0.1) is 0 Å². The molecule has 2 aliphatic rings. The van der Waals surface area contributed by atoms with Crippen LogP contribution in [0.1, 0.15) is 48.8 Å². The Balaban J connectivity index is 1.45. The highest BCUT2D eigenvalue weighted by Gasteiger charge is 2.41. The first-order valence-corrected chi connectivity index (χ1v) is 8.85. The van der Waals surface area contributed by atoms with E-state index in [9.17, 15) is 5.11 Å². The SMILES string of the molecule is OC(CN1C2CCC1CC(c1ccccc1)C2)c1ccccc1. The minimum Gasteiger partial charge on any atom is -0.387 e. The Morgan fingerprint density at radius 1 is 0.870 bits per heavy atom. The van der Waals surface area contributed by atoms with E-state index in [4.69, 9.17) is 0 Å². The molecule has 0 saturated carbocycles. The molecule has 0 amide bonds. The summed E-state index contributed by atoms with van der Waals surface area (Å²) in [4.78, 5) is 2.58. The molecule has 120 valence electrons. The number of hydrogen-bond donors (Lipinski definition) is 1. The molecule has 2 aliphatic heterocycles. The van der Waals surface area contributed by atoms with E-state index in [-0.39, 0.29) is 6.10 Å². The number of aliphatic hydroxyl groups is 1. The first-order valence-electron chi connectivity index (χ1n) is 8.85. The molecule has 0 aliphatic carbocycles. The van der Waals surface area contributed by atoms with Gasteiger partial charge in [-0.2, -0.15) is 0 Å². The van der Waals surface area contributed by atoms with Gasteiger partial charge in [0.25, 0.3) is 0 Å². The van der Waals surface area contributed by atoms with Gasteiger partial charge in [-0.3, -0.25) is 4.90 Å². The Labute approximate surface area is 138 Å². The van der Waals surface area contributed by atoms with Crippen molar-refractivity contribution in [1.82, 2.24) is 4.90 Å². The van der Waals surface area contributed by atoms with E-state index in [1.807, 2.05) is 30.3 Å². The van der Waals surface area contributed by atoms with Crippen LogP contribution in [-0.4, -0.2) is 28.6 Å². The Morgan fingerprint density at radius 3 is 2.04 bits per heavy atom. The van der Waals surface area contributed by atoms with Gasteiger partial charge in [0.1, 0.15) is 0 Å². The molecule has 2 aromatic rings. The lowest BCUT2D eigenvalue weighted by molar-refractivity contribution is 0.0558. The molecule has 0 spiro atoms. The van der Waals surface area contributed by atoms with E-state index in [1.54, 1.807) is 0 Å². The minimum atomic E-state index is -0.368. The van der Waals surface area contributed by atoms with Crippen LogP contribution < -0.4 is 0 Å². The monoisotopic (exact) mass is 307 g/mol. The van der Waals surface area contributed by atoms with Gasteiger partial charge in [-0.05, 0) is 42.7 Å². The lowest BCUT2D eigenvalue weighted by atomic mass is 9.85. The van der Waals surface area contributed by atoms with E-state index >= 15 is 0 Å². The Kier molecular flexibility index (Phi) is 4.19. The number of piperidine rings is 1. The van der Waals surface area contributed by atoms with E-state index in [0.29, 0.717) is 18.0 Å². The smallest absolute Gasteiger partial charge is 0.0917 e. The molecular formula is C21H25NO. The van der Waals surface area contributed by atoms with E-state index in [2.05, 4.69) is 35.2 Å². The Bertz CT molecular complexity index is 613. The summed E-state index contributed by atoms with van der Waals surface area (Å²) in [6.07, 6.45) is 4.68. The zero-order valence-electron chi connectivity index (χ0n) is 13.5. The van der Waals surface area contributed by atoms with Gasteiger partial charge in [0.05, 0.1) is 6.10 Å².